The lowest BCUT2D eigenvalue weighted by Gasteiger charge is -2.43. The first-order valence-electron chi connectivity index (χ1n) is 8.52. The van der Waals surface area contributed by atoms with E-state index in [2.05, 4.69) is 29.6 Å². The van der Waals surface area contributed by atoms with Gasteiger partial charge in [-0.2, -0.15) is 0 Å². The third-order valence-corrected chi connectivity index (χ3v) is 4.60. The largest absolute Gasteiger partial charge is 0.338 e. The van der Waals surface area contributed by atoms with Crippen LogP contribution in [0.3, 0.4) is 0 Å². The van der Waals surface area contributed by atoms with Gasteiger partial charge in [-0.3, -0.25) is 4.79 Å². The lowest BCUT2D eigenvalue weighted by molar-refractivity contribution is -0.128. The number of unbranched alkanes of at least 4 members (excludes halogenated alkanes) is 1. The van der Waals surface area contributed by atoms with Crippen molar-refractivity contribution in [2.24, 2.45) is 5.92 Å². The molecule has 0 radical (unpaired) electrons. The number of aryl methyl sites for hydroxylation is 1. The van der Waals surface area contributed by atoms with Gasteiger partial charge in [-0.1, -0.05) is 37.3 Å². The zero-order valence-corrected chi connectivity index (χ0v) is 14.5. The molecule has 0 aromatic heterocycles. The quantitative estimate of drug-likeness (QED) is 0.846. The summed E-state index contributed by atoms with van der Waals surface area (Å²) in [7, 11) is 0. The summed E-state index contributed by atoms with van der Waals surface area (Å²) in [4.78, 5) is 26.1. The molecule has 1 atom stereocenters. The summed E-state index contributed by atoms with van der Waals surface area (Å²) >= 11 is 0. The molecule has 2 amide bonds. The average Bonchev–Trinajstić information content (AvgIpc) is 2.51. The van der Waals surface area contributed by atoms with Crippen molar-refractivity contribution in [2.45, 2.75) is 52.0 Å². The molecule has 0 saturated carbocycles. The van der Waals surface area contributed by atoms with Crippen LogP contribution >= 0.6 is 0 Å². The molecule has 1 aliphatic heterocycles. The van der Waals surface area contributed by atoms with E-state index in [1.165, 1.54) is 5.56 Å². The molecule has 1 aliphatic rings. The van der Waals surface area contributed by atoms with Crippen LogP contribution in [0.5, 0.6) is 0 Å². The van der Waals surface area contributed by atoms with Crippen molar-refractivity contribution in [3.05, 3.63) is 35.9 Å². The maximum Gasteiger partial charge on any atom is 0.317 e. The fraction of sp³-hybridized carbons (Fsp3) is 0.579. The Morgan fingerprint density at radius 2 is 1.96 bits per heavy atom. The van der Waals surface area contributed by atoms with E-state index in [4.69, 9.17) is 0 Å². The number of amides is 2. The van der Waals surface area contributed by atoms with E-state index in [0.717, 1.165) is 19.3 Å². The Hall–Kier alpha value is -1.84. The van der Waals surface area contributed by atoms with Crippen molar-refractivity contribution < 1.29 is 9.59 Å². The highest BCUT2D eigenvalue weighted by Gasteiger charge is 2.40. The molecule has 0 spiro atoms. The lowest BCUT2D eigenvalue weighted by atomic mass is 9.85. The first kappa shape index (κ1) is 17.5. The van der Waals surface area contributed by atoms with Crippen molar-refractivity contribution in [3.8, 4) is 0 Å². The normalized spacial score (nSPS) is 20.4. The standard InChI is InChI=1S/C19H28N2O2/c1-15-14-21(19(2,3)13-17(15)22)18(23)20-12-8-7-11-16-9-5-4-6-10-16/h4-6,9-10,15H,7-8,11-14H2,1-3H3,(H,20,23). The smallest absolute Gasteiger partial charge is 0.317 e. The van der Waals surface area contributed by atoms with E-state index >= 15 is 0 Å². The Balaban J connectivity index is 1.73. The molecular formula is C19H28N2O2. The number of nitrogens with zero attached hydrogens (tertiary/aromatic N) is 1. The van der Waals surface area contributed by atoms with Crippen LogP contribution in [0, 0.1) is 5.92 Å². The number of rotatable bonds is 5. The highest BCUT2D eigenvalue weighted by molar-refractivity contribution is 5.86. The van der Waals surface area contributed by atoms with Gasteiger partial charge >= 0.3 is 6.03 Å². The molecule has 0 aliphatic carbocycles. The predicted octanol–water partition coefficient (Wildman–Crippen LogP) is 3.41. The number of hydrogen-bond acceptors (Lipinski definition) is 2. The van der Waals surface area contributed by atoms with Crippen LogP contribution in [-0.2, 0) is 11.2 Å². The Morgan fingerprint density at radius 3 is 2.65 bits per heavy atom. The van der Waals surface area contributed by atoms with E-state index in [1.54, 1.807) is 0 Å². The Morgan fingerprint density at radius 1 is 1.26 bits per heavy atom. The van der Waals surface area contributed by atoms with Crippen molar-refractivity contribution in [1.82, 2.24) is 10.2 Å². The molecule has 1 fully saturated rings. The number of hydrogen-bond donors (Lipinski definition) is 1. The highest BCUT2D eigenvalue weighted by atomic mass is 16.2. The molecule has 23 heavy (non-hydrogen) atoms. The van der Waals surface area contributed by atoms with Gasteiger partial charge in [0.1, 0.15) is 5.78 Å². The summed E-state index contributed by atoms with van der Waals surface area (Å²) in [6.45, 7) is 7.03. The van der Waals surface area contributed by atoms with E-state index in [9.17, 15) is 9.59 Å². The van der Waals surface area contributed by atoms with Gasteiger partial charge in [0.15, 0.2) is 0 Å². The maximum atomic E-state index is 12.4. The van der Waals surface area contributed by atoms with Crippen molar-refractivity contribution in [3.63, 3.8) is 0 Å². The Kier molecular flexibility index (Phi) is 5.80. The summed E-state index contributed by atoms with van der Waals surface area (Å²) in [5.74, 6) is 0.189. The van der Waals surface area contributed by atoms with Gasteiger partial charge in [-0.05, 0) is 38.7 Å². The van der Waals surface area contributed by atoms with Crippen molar-refractivity contribution in [2.75, 3.05) is 13.1 Å². The number of piperidine rings is 1. The summed E-state index contributed by atoms with van der Waals surface area (Å²) in [6, 6.07) is 10.3. The van der Waals surface area contributed by atoms with Gasteiger partial charge in [0.2, 0.25) is 0 Å². The molecule has 0 bridgehead atoms. The van der Waals surface area contributed by atoms with Gasteiger partial charge < -0.3 is 10.2 Å². The van der Waals surface area contributed by atoms with Crippen LogP contribution in [0.2, 0.25) is 0 Å². The third kappa shape index (κ3) is 4.81. The molecular weight excluding hydrogens is 288 g/mol. The molecule has 1 aromatic carbocycles. The van der Waals surface area contributed by atoms with E-state index in [-0.39, 0.29) is 17.7 Å². The zero-order valence-electron chi connectivity index (χ0n) is 14.5. The predicted molar refractivity (Wildman–Crippen MR) is 92.4 cm³/mol. The molecule has 126 valence electrons. The van der Waals surface area contributed by atoms with Crippen LogP contribution < -0.4 is 5.32 Å². The molecule has 1 unspecified atom stereocenters. The monoisotopic (exact) mass is 316 g/mol. The molecule has 1 aromatic rings. The number of ketones is 1. The Labute approximate surface area is 139 Å². The summed E-state index contributed by atoms with van der Waals surface area (Å²) in [5, 5.41) is 3.01. The minimum absolute atomic E-state index is 0.0472. The van der Waals surface area contributed by atoms with Gasteiger partial charge in [0.05, 0.1) is 0 Å². The van der Waals surface area contributed by atoms with E-state index in [0.29, 0.717) is 19.5 Å². The number of urea groups is 1. The molecule has 4 heteroatoms. The topological polar surface area (TPSA) is 49.4 Å². The number of carbonyl (C=O) groups excluding carboxylic acids is 2. The molecule has 4 nitrogen and oxygen atoms in total. The number of benzene rings is 1. The second-order valence-corrected chi connectivity index (χ2v) is 7.14. The highest BCUT2D eigenvalue weighted by Crippen LogP contribution is 2.28. The van der Waals surface area contributed by atoms with Gasteiger partial charge in [0, 0.05) is 31.0 Å². The maximum absolute atomic E-state index is 12.4. The third-order valence-electron chi connectivity index (χ3n) is 4.60. The molecule has 1 heterocycles. The summed E-state index contributed by atoms with van der Waals surface area (Å²) < 4.78 is 0. The molecule has 2 rings (SSSR count). The number of nitrogens with one attached hydrogen (secondary N) is 1. The fourth-order valence-corrected chi connectivity index (χ4v) is 3.07. The van der Waals surface area contributed by atoms with Crippen molar-refractivity contribution in [1.29, 1.82) is 0 Å². The van der Waals surface area contributed by atoms with Crippen LogP contribution in [0.1, 0.15) is 45.6 Å². The number of carbonyl (C=O) groups is 2. The van der Waals surface area contributed by atoms with Crippen LogP contribution in [0.4, 0.5) is 4.79 Å². The van der Waals surface area contributed by atoms with Gasteiger partial charge in [-0.25, -0.2) is 4.79 Å². The Bertz CT molecular complexity index is 540. The van der Waals surface area contributed by atoms with Crippen molar-refractivity contribution >= 4 is 11.8 Å². The van der Waals surface area contributed by atoms with Crippen LogP contribution in [-0.4, -0.2) is 35.3 Å². The number of Topliss-reactive ketones (excluding diaryl/α,β-unsaturated/α-hetero) is 1. The zero-order chi connectivity index (χ0) is 16.9. The fourth-order valence-electron chi connectivity index (χ4n) is 3.07. The molecule has 1 N–H and O–H groups in total. The molecule has 1 saturated heterocycles. The average molecular weight is 316 g/mol. The van der Waals surface area contributed by atoms with E-state index in [1.807, 2.05) is 31.7 Å². The summed E-state index contributed by atoms with van der Waals surface area (Å²) in [5.41, 5.74) is 0.945. The lowest BCUT2D eigenvalue weighted by Crippen LogP contribution is -2.58. The second kappa shape index (κ2) is 7.62. The minimum atomic E-state index is -0.391. The SMILES string of the molecule is CC1CN(C(=O)NCCCCc2ccccc2)C(C)(C)CC1=O. The van der Waals surface area contributed by atoms with Gasteiger partial charge in [-0.15, -0.1) is 0 Å². The minimum Gasteiger partial charge on any atom is -0.338 e. The van der Waals surface area contributed by atoms with E-state index < -0.39 is 5.54 Å². The number of likely N-dealkylation sites (tertiary alicyclic amines) is 1. The van der Waals surface area contributed by atoms with Crippen LogP contribution in [0.25, 0.3) is 0 Å². The second-order valence-electron chi connectivity index (χ2n) is 7.14. The van der Waals surface area contributed by atoms with Gasteiger partial charge in [0.25, 0.3) is 0 Å². The summed E-state index contributed by atoms with van der Waals surface area (Å²) in [6.07, 6.45) is 3.50. The first-order valence-corrected chi connectivity index (χ1v) is 8.52. The van der Waals surface area contributed by atoms with Crippen LogP contribution in [0.15, 0.2) is 30.3 Å². The first-order chi connectivity index (χ1) is 10.9.